The van der Waals surface area contributed by atoms with E-state index in [-0.39, 0.29) is 12.2 Å². The SMILES string of the molecule is N=c1n(Cc2ccccc2Cl)c2ccccc2n1CC(O)c1ccc(Cl)c(Cl)c1. The summed E-state index contributed by atoms with van der Waals surface area (Å²) in [5.41, 5.74) is 3.63. The molecule has 0 radical (unpaired) electrons. The van der Waals surface area contributed by atoms with E-state index in [0.29, 0.717) is 27.2 Å². The van der Waals surface area contributed by atoms with Gasteiger partial charge in [-0.25, -0.2) is 0 Å². The molecule has 0 aliphatic carbocycles. The maximum absolute atomic E-state index is 10.8. The van der Waals surface area contributed by atoms with E-state index in [2.05, 4.69) is 0 Å². The number of benzene rings is 3. The largest absolute Gasteiger partial charge is 0.387 e. The molecule has 4 rings (SSSR count). The molecule has 0 amide bonds. The highest BCUT2D eigenvalue weighted by Gasteiger charge is 2.16. The number of nitrogens with one attached hydrogen (secondary N) is 1. The highest BCUT2D eigenvalue weighted by molar-refractivity contribution is 6.42. The van der Waals surface area contributed by atoms with Gasteiger partial charge in [-0.3, -0.25) is 5.41 Å². The van der Waals surface area contributed by atoms with Crippen molar-refractivity contribution < 1.29 is 5.11 Å². The Morgan fingerprint density at radius 3 is 2.14 bits per heavy atom. The van der Waals surface area contributed by atoms with Crippen molar-refractivity contribution in [1.82, 2.24) is 9.13 Å². The van der Waals surface area contributed by atoms with Crippen LogP contribution in [0.5, 0.6) is 0 Å². The van der Waals surface area contributed by atoms with Crippen LogP contribution < -0.4 is 5.62 Å². The van der Waals surface area contributed by atoms with Gasteiger partial charge < -0.3 is 14.2 Å². The zero-order chi connectivity index (χ0) is 20.5. The lowest BCUT2D eigenvalue weighted by atomic mass is 10.1. The second-order valence-corrected chi connectivity index (χ2v) is 8.01. The number of fused-ring (bicyclic) bond motifs is 1. The molecule has 0 aliphatic rings. The summed E-state index contributed by atoms with van der Waals surface area (Å²) in [6, 6.07) is 20.4. The van der Waals surface area contributed by atoms with E-state index in [0.717, 1.165) is 16.6 Å². The molecule has 7 heteroatoms. The van der Waals surface area contributed by atoms with Gasteiger partial charge in [-0.1, -0.05) is 71.2 Å². The number of imidazole rings is 1. The van der Waals surface area contributed by atoms with Crippen LogP contribution in [-0.2, 0) is 13.1 Å². The van der Waals surface area contributed by atoms with Crippen molar-refractivity contribution in [2.75, 3.05) is 0 Å². The molecule has 0 aliphatic heterocycles. The number of aromatic nitrogens is 2. The maximum Gasteiger partial charge on any atom is 0.203 e. The third-order valence-electron chi connectivity index (χ3n) is 4.94. The predicted molar refractivity (Wildman–Crippen MR) is 118 cm³/mol. The number of hydrogen-bond donors (Lipinski definition) is 2. The summed E-state index contributed by atoms with van der Waals surface area (Å²) < 4.78 is 3.68. The van der Waals surface area contributed by atoms with Crippen molar-refractivity contribution in [1.29, 1.82) is 5.41 Å². The van der Waals surface area contributed by atoms with Crippen LogP contribution in [0.1, 0.15) is 17.2 Å². The van der Waals surface area contributed by atoms with E-state index in [1.165, 1.54) is 0 Å². The average molecular weight is 447 g/mol. The Morgan fingerprint density at radius 2 is 1.45 bits per heavy atom. The van der Waals surface area contributed by atoms with E-state index >= 15 is 0 Å². The molecule has 1 aromatic heterocycles. The van der Waals surface area contributed by atoms with Gasteiger partial charge in [-0.15, -0.1) is 0 Å². The highest BCUT2D eigenvalue weighted by Crippen LogP contribution is 2.27. The molecule has 0 spiro atoms. The summed E-state index contributed by atoms with van der Waals surface area (Å²) in [5, 5.41) is 21.0. The van der Waals surface area contributed by atoms with Gasteiger partial charge in [0, 0.05) is 5.02 Å². The second-order valence-electron chi connectivity index (χ2n) is 6.79. The number of aliphatic hydroxyl groups excluding tert-OH is 1. The molecule has 4 nitrogen and oxygen atoms in total. The first-order valence-electron chi connectivity index (χ1n) is 9.05. The van der Waals surface area contributed by atoms with Gasteiger partial charge in [0.25, 0.3) is 0 Å². The maximum atomic E-state index is 10.8. The molecule has 2 N–H and O–H groups in total. The molecule has 1 unspecified atom stereocenters. The molecule has 148 valence electrons. The lowest BCUT2D eigenvalue weighted by molar-refractivity contribution is 0.156. The molecule has 0 bridgehead atoms. The number of halogens is 3. The molecular formula is C22H18Cl3N3O. The van der Waals surface area contributed by atoms with E-state index in [1.807, 2.05) is 53.1 Å². The van der Waals surface area contributed by atoms with Crippen LogP contribution in [0.2, 0.25) is 15.1 Å². The molecule has 1 heterocycles. The Labute approximate surface area is 183 Å². The van der Waals surface area contributed by atoms with Crippen molar-refractivity contribution in [2.24, 2.45) is 0 Å². The third kappa shape index (κ3) is 3.94. The van der Waals surface area contributed by atoms with Gasteiger partial charge in [0.2, 0.25) is 5.62 Å². The fourth-order valence-electron chi connectivity index (χ4n) is 3.43. The second kappa shape index (κ2) is 8.25. The van der Waals surface area contributed by atoms with Crippen molar-refractivity contribution in [3.8, 4) is 0 Å². The fourth-order valence-corrected chi connectivity index (χ4v) is 3.94. The van der Waals surface area contributed by atoms with E-state index in [9.17, 15) is 5.11 Å². The number of rotatable bonds is 5. The standard InChI is InChI=1S/C22H18Cl3N3O/c23-16-6-2-1-5-15(16)12-27-19-7-3-4-8-20(19)28(22(27)26)13-21(29)14-9-10-17(24)18(25)11-14/h1-11,21,26,29H,12-13H2. The van der Waals surface area contributed by atoms with Gasteiger partial charge >= 0.3 is 0 Å². The predicted octanol–water partition coefficient (Wildman–Crippen LogP) is 5.66. The van der Waals surface area contributed by atoms with Crippen LogP contribution in [0, 0.1) is 5.41 Å². The Bertz CT molecular complexity index is 1250. The van der Waals surface area contributed by atoms with Gasteiger partial charge in [-0.2, -0.15) is 0 Å². The lowest BCUT2D eigenvalue weighted by Crippen LogP contribution is -2.27. The van der Waals surface area contributed by atoms with Gasteiger partial charge in [-0.05, 0) is 41.5 Å². The lowest BCUT2D eigenvalue weighted by Gasteiger charge is -2.13. The summed E-state index contributed by atoms with van der Waals surface area (Å²) in [6.07, 6.45) is -0.835. The van der Waals surface area contributed by atoms with Crippen LogP contribution in [0.4, 0.5) is 0 Å². The van der Waals surface area contributed by atoms with E-state index in [4.69, 9.17) is 40.2 Å². The summed E-state index contributed by atoms with van der Waals surface area (Å²) >= 11 is 18.4. The minimum atomic E-state index is -0.835. The third-order valence-corrected chi connectivity index (χ3v) is 6.05. The van der Waals surface area contributed by atoms with Crippen molar-refractivity contribution in [3.05, 3.63) is 98.5 Å². The first-order valence-corrected chi connectivity index (χ1v) is 10.2. The summed E-state index contributed by atoms with van der Waals surface area (Å²) in [7, 11) is 0. The topological polar surface area (TPSA) is 53.9 Å². The number of nitrogens with zero attached hydrogens (tertiary/aromatic N) is 2. The Morgan fingerprint density at radius 1 is 0.793 bits per heavy atom. The molecule has 0 fully saturated rings. The van der Waals surface area contributed by atoms with Crippen molar-refractivity contribution in [2.45, 2.75) is 19.2 Å². The first kappa shape index (κ1) is 20.0. The summed E-state index contributed by atoms with van der Waals surface area (Å²) in [4.78, 5) is 0. The highest BCUT2D eigenvalue weighted by atomic mass is 35.5. The van der Waals surface area contributed by atoms with Crippen LogP contribution in [-0.4, -0.2) is 14.2 Å². The Balaban J connectivity index is 1.75. The zero-order valence-corrected chi connectivity index (χ0v) is 17.6. The summed E-state index contributed by atoms with van der Waals surface area (Å²) in [5.74, 6) is 0. The molecule has 1 atom stereocenters. The number of hydrogen-bond acceptors (Lipinski definition) is 2. The van der Waals surface area contributed by atoms with Crippen molar-refractivity contribution in [3.63, 3.8) is 0 Å². The zero-order valence-electron chi connectivity index (χ0n) is 15.3. The smallest absolute Gasteiger partial charge is 0.203 e. The molecule has 0 saturated carbocycles. The van der Waals surface area contributed by atoms with Crippen LogP contribution in [0.3, 0.4) is 0 Å². The van der Waals surface area contributed by atoms with E-state index in [1.54, 1.807) is 22.8 Å². The molecule has 0 saturated heterocycles. The fraction of sp³-hybridized carbons (Fsp3) is 0.136. The van der Waals surface area contributed by atoms with Gasteiger partial charge in [0.05, 0.1) is 40.3 Å². The Hall–Kier alpha value is -2.24. The van der Waals surface area contributed by atoms with Crippen molar-refractivity contribution >= 4 is 45.8 Å². The minimum Gasteiger partial charge on any atom is -0.387 e. The molecule has 3 aromatic carbocycles. The van der Waals surface area contributed by atoms with E-state index < -0.39 is 6.10 Å². The molecule has 4 aromatic rings. The molecule has 29 heavy (non-hydrogen) atoms. The minimum absolute atomic E-state index is 0.215. The van der Waals surface area contributed by atoms with Gasteiger partial charge in [0.1, 0.15) is 0 Å². The van der Waals surface area contributed by atoms with Crippen LogP contribution in [0.15, 0.2) is 66.7 Å². The van der Waals surface area contributed by atoms with Crippen LogP contribution in [0.25, 0.3) is 11.0 Å². The molecular weight excluding hydrogens is 429 g/mol. The van der Waals surface area contributed by atoms with Gasteiger partial charge in [0.15, 0.2) is 0 Å². The quantitative estimate of drug-likeness (QED) is 0.408. The van der Waals surface area contributed by atoms with Crippen LogP contribution >= 0.6 is 34.8 Å². The number of aliphatic hydroxyl groups is 1. The summed E-state index contributed by atoms with van der Waals surface area (Å²) in [6.45, 7) is 0.682. The monoisotopic (exact) mass is 445 g/mol. The Kier molecular flexibility index (Phi) is 5.70. The normalized spacial score (nSPS) is 12.4. The first-order chi connectivity index (χ1) is 14.0. The number of para-hydroxylation sites is 2. The average Bonchev–Trinajstić information content (AvgIpc) is 2.97.